The highest BCUT2D eigenvalue weighted by Crippen LogP contribution is 2.39. The van der Waals surface area contributed by atoms with Crippen LogP contribution in [0.25, 0.3) is 0 Å². The molecule has 18 heavy (non-hydrogen) atoms. The summed E-state index contributed by atoms with van der Waals surface area (Å²) in [4.78, 5) is 23.8. The van der Waals surface area contributed by atoms with E-state index in [1.165, 1.54) is 0 Å². The van der Waals surface area contributed by atoms with Gasteiger partial charge in [0.1, 0.15) is 6.10 Å². The minimum absolute atomic E-state index is 0.0313. The monoisotopic (exact) mass is 274 g/mol. The fourth-order valence-corrected chi connectivity index (χ4v) is 2.47. The number of ether oxygens (including phenoxy) is 2. The molecule has 3 N–H and O–H groups in total. The molecule has 0 aromatic heterocycles. The van der Waals surface area contributed by atoms with E-state index in [1.807, 2.05) is 0 Å². The Hall–Kier alpha value is -1.24. The van der Waals surface area contributed by atoms with E-state index in [9.17, 15) is 9.59 Å². The third kappa shape index (κ3) is 2.95. The molecule has 7 heteroatoms. The summed E-state index contributed by atoms with van der Waals surface area (Å²) in [6, 6.07) is 0. The molecule has 0 saturated carbocycles. The SMILES string of the molecule is CCOC(=O)[C@]1(CC)C[C@@H](CSC(=N)N)OC1=O. The number of hydrogen-bond acceptors (Lipinski definition) is 6. The van der Waals surface area contributed by atoms with Crippen molar-refractivity contribution in [3.8, 4) is 0 Å². The lowest BCUT2D eigenvalue weighted by atomic mass is 9.82. The summed E-state index contributed by atoms with van der Waals surface area (Å²) in [5, 5.41) is 7.08. The average Bonchev–Trinajstić information content (AvgIpc) is 2.64. The van der Waals surface area contributed by atoms with E-state index in [1.54, 1.807) is 13.8 Å². The maximum absolute atomic E-state index is 11.9. The van der Waals surface area contributed by atoms with Crippen molar-refractivity contribution in [2.75, 3.05) is 12.4 Å². The molecule has 0 bridgehead atoms. The number of rotatable bonds is 5. The Morgan fingerprint density at radius 3 is 2.83 bits per heavy atom. The largest absolute Gasteiger partial charge is 0.465 e. The van der Waals surface area contributed by atoms with Gasteiger partial charge in [-0.1, -0.05) is 18.7 Å². The number of cyclic esters (lactones) is 1. The minimum Gasteiger partial charge on any atom is -0.465 e. The van der Waals surface area contributed by atoms with Crippen molar-refractivity contribution >= 4 is 28.9 Å². The Balaban J connectivity index is 2.73. The van der Waals surface area contributed by atoms with Crippen LogP contribution in [-0.2, 0) is 19.1 Å². The Kier molecular flexibility index (Phi) is 5.01. The third-order valence-corrected chi connectivity index (χ3v) is 3.78. The smallest absolute Gasteiger partial charge is 0.323 e. The van der Waals surface area contributed by atoms with Gasteiger partial charge in [-0.25, -0.2) is 0 Å². The lowest BCUT2D eigenvalue weighted by molar-refractivity contribution is -0.165. The molecule has 0 spiro atoms. The second-order valence-electron chi connectivity index (χ2n) is 4.06. The summed E-state index contributed by atoms with van der Waals surface area (Å²) in [6.45, 7) is 3.70. The number of amidine groups is 1. The van der Waals surface area contributed by atoms with Crippen molar-refractivity contribution in [2.45, 2.75) is 32.8 Å². The number of carbonyl (C=O) groups is 2. The highest BCUT2D eigenvalue weighted by atomic mass is 32.2. The molecule has 0 aromatic carbocycles. The van der Waals surface area contributed by atoms with Crippen molar-refractivity contribution in [1.82, 2.24) is 0 Å². The second kappa shape index (κ2) is 6.08. The molecule has 0 radical (unpaired) electrons. The summed E-state index contributed by atoms with van der Waals surface area (Å²) < 4.78 is 10.1. The highest BCUT2D eigenvalue weighted by Gasteiger charge is 2.54. The van der Waals surface area contributed by atoms with Gasteiger partial charge in [0.05, 0.1) is 6.61 Å². The molecular formula is C11H18N2O4S. The highest BCUT2D eigenvalue weighted by molar-refractivity contribution is 8.13. The molecular weight excluding hydrogens is 256 g/mol. The maximum Gasteiger partial charge on any atom is 0.323 e. The maximum atomic E-state index is 11.9. The number of thioether (sulfide) groups is 1. The fourth-order valence-electron chi connectivity index (χ4n) is 1.92. The van der Waals surface area contributed by atoms with Crippen molar-refractivity contribution < 1.29 is 19.1 Å². The van der Waals surface area contributed by atoms with E-state index >= 15 is 0 Å². The van der Waals surface area contributed by atoms with Crippen LogP contribution in [0.2, 0.25) is 0 Å². The summed E-state index contributed by atoms with van der Waals surface area (Å²) in [5.74, 6) is -0.659. The Bertz CT molecular complexity index is 361. The van der Waals surface area contributed by atoms with Crippen molar-refractivity contribution in [2.24, 2.45) is 11.1 Å². The van der Waals surface area contributed by atoms with E-state index in [0.29, 0.717) is 18.6 Å². The first-order valence-corrected chi connectivity index (χ1v) is 6.80. The third-order valence-electron chi connectivity index (χ3n) is 2.94. The van der Waals surface area contributed by atoms with Gasteiger partial charge < -0.3 is 15.2 Å². The van der Waals surface area contributed by atoms with E-state index in [2.05, 4.69) is 0 Å². The zero-order valence-corrected chi connectivity index (χ0v) is 11.3. The molecule has 0 aromatic rings. The molecule has 1 heterocycles. The quantitative estimate of drug-likeness (QED) is 0.334. The van der Waals surface area contributed by atoms with Crippen molar-refractivity contribution in [1.29, 1.82) is 5.41 Å². The molecule has 1 aliphatic heterocycles. The topological polar surface area (TPSA) is 102 Å². The van der Waals surface area contributed by atoms with Gasteiger partial charge in [0.2, 0.25) is 0 Å². The van der Waals surface area contributed by atoms with Crippen LogP contribution in [0, 0.1) is 10.8 Å². The lowest BCUT2D eigenvalue weighted by Crippen LogP contribution is -2.36. The van der Waals surface area contributed by atoms with Gasteiger partial charge in [0, 0.05) is 12.2 Å². The van der Waals surface area contributed by atoms with Gasteiger partial charge in [0.25, 0.3) is 0 Å². The predicted molar refractivity (Wildman–Crippen MR) is 68.2 cm³/mol. The van der Waals surface area contributed by atoms with Crippen LogP contribution in [0.5, 0.6) is 0 Å². The summed E-state index contributed by atoms with van der Waals surface area (Å²) in [5.41, 5.74) is 4.04. The van der Waals surface area contributed by atoms with Crippen LogP contribution in [0.1, 0.15) is 26.7 Å². The molecule has 0 unspecified atom stereocenters. The molecule has 6 nitrogen and oxygen atoms in total. The number of hydrogen-bond donors (Lipinski definition) is 2. The summed E-state index contributed by atoms with van der Waals surface area (Å²) >= 11 is 1.10. The number of esters is 2. The second-order valence-corrected chi connectivity index (χ2v) is 5.12. The van der Waals surface area contributed by atoms with Crippen molar-refractivity contribution in [3.63, 3.8) is 0 Å². The summed E-state index contributed by atoms with van der Waals surface area (Å²) in [6.07, 6.45) is 0.253. The van der Waals surface area contributed by atoms with Gasteiger partial charge in [-0.05, 0) is 13.3 Å². The molecule has 0 amide bonds. The van der Waals surface area contributed by atoms with Crippen LogP contribution in [0.15, 0.2) is 0 Å². The Morgan fingerprint density at radius 1 is 1.67 bits per heavy atom. The molecule has 1 rings (SSSR count). The normalized spacial score (nSPS) is 26.8. The van der Waals surface area contributed by atoms with Gasteiger partial charge in [0.15, 0.2) is 10.6 Å². The molecule has 2 atom stereocenters. The van der Waals surface area contributed by atoms with Gasteiger partial charge in [-0.2, -0.15) is 0 Å². The molecule has 1 aliphatic rings. The Labute approximate surface area is 110 Å². The van der Waals surface area contributed by atoms with Gasteiger partial charge in [-0.3, -0.25) is 15.0 Å². The van der Waals surface area contributed by atoms with Crippen LogP contribution in [0.3, 0.4) is 0 Å². The molecule has 0 aliphatic carbocycles. The van der Waals surface area contributed by atoms with Gasteiger partial charge in [-0.15, -0.1) is 0 Å². The van der Waals surface area contributed by atoms with E-state index in [-0.39, 0.29) is 11.8 Å². The van der Waals surface area contributed by atoms with Crippen LogP contribution in [0.4, 0.5) is 0 Å². The van der Waals surface area contributed by atoms with Crippen LogP contribution < -0.4 is 5.73 Å². The first kappa shape index (κ1) is 14.8. The minimum atomic E-state index is -1.18. The van der Waals surface area contributed by atoms with Crippen molar-refractivity contribution in [3.05, 3.63) is 0 Å². The van der Waals surface area contributed by atoms with Gasteiger partial charge >= 0.3 is 11.9 Å². The zero-order valence-electron chi connectivity index (χ0n) is 10.5. The number of carbonyl (C=O) groups excluding carboxylic acids is 2. The van der Waals surface area contributed by atoms with E-state index in [4.69, 9.17) is 20.6 Å². The van der Waals surface area contributed by atoms with Crippen LogP contribution >= 0.6 is 11.8 Å². The van der Waals surface area contributed by atoms with Crippen LogP contribution in [-0.4, -0.2) is 35.6 Å². The fraction of sp³-hybridized carbons (Fsp3) is 0.727. The summed E-state index contributed by atoms with van der Waals surface area (Å²) in [7, 11) is 0. The molecule has 102 valence electrons. The van der Waals surface area contributed by atoms with E-state index < -0.39 is 23.5 Å². The predicted octanol–water partition coefficient (Wildman–Crippen LogP) is 0.888. The van der Waals surface area contributed by atoms with E-state index in [0.717, 1.165) is 11.8 Å². The number of nitrogens with two attached hydrogens (primary N) is 1. The molecule has 1 fully saturated rings. The Morgan fingerprint density at radius 2 is 2.33 bits per heavy atom. The number of nitrogens with one attached hydrogen (secondary N) is 1. The lowest BCUT2D eigenvalue weighted by Gasteiger charge is -2.20. The standard InChI is InChI=1S/C11H18N2O4S/c1-3-11(8(14)16-4-2)5-7(17-9(11)15)6-18-10(12)13/h7H,3-6H2,1-2H3,(H3,12,13)/t7-,11-/m0/s1. The first-order chi connectivity index (χ1) is 8.46. The average molecular weight is 274 g/mol. The molecule has 1 saturated heterocycles. The first-order valence-electron chi connectivity index (χ1n) is 5.81. The zero-order chi connectivity index (χ0) is 13.8.